The van der Waals surface area contributed by atoms with Crippen molar-refractivity contribution in [2.45, 2.75) is 58.8 Å². The van der Waals surface area contributed by atoms with Crippen LogP contribution in [0, 0.1) is 0 Å². The molecule has 0 heterocycles. The molecule has 0 radical (unpaired) electrons. The maximum Gasteiger partial charge on any atom is 0.407 e. The summed E-state index contributed by atoms with van der Waals surface area (Å²) in [6.45, 7) is 10.5. The average molecular weight is 260 g/mol. The molecule has 18 heavy (non-hydrogen) atoms. The summed E-state index contributed by atoms with van der Waals surface area (Å²) in [7, 11) is 0. The molecule has 0 aromatic carbocycles. The summed E-state index contributed by atoms with van der Waals surface area (Å²) in [4.78, 5) is 22.8. The lowest BCUT2D eigenvalue weighted by molar-refractivity contribution is -0.156. The Bertz CT molecular complexity index is 302. The van der Waals surface area contributed by atoms with Crippen LogP contribution in [0.25, 0.3) is 0 Å². The molecule has 1 atom stereocenters. The van der Waals surface area contributed by atoms with Gasteiger partial charge in [-0.3, -0.25) is 4.79 Å². The Morgan fingerprint density at radius 3 is 1.89 bits per heavy atom. The van der Waals surface area contributed by atoms with E-state index in [4.69, 9.17) is 15.2 Å². The molecule has 0 aromatic heterocycles. The minimum atomic E-state index is -0.906. The summed E-state index contributed by atoms with van der Waals surface area (Å²) in [5, 5.41) is 2.42. The Labute approximate surface area is 108 Å². The average Bonchev–Trinajstić information content (AvgIpc) is 2.08. The van der Waals surface area contributed by atoms with Gasteiger partial charge in [-0.05, 0) is 41.5 Å². The van der Waals surface area contributed by atoms with Crippen LogP contribution in [0.3, 0.4) is 0 Å². The fourth-order valence-electron chi connectivity index (χ4n) is 0.968. The van der Waals surface area contributed by atoms with Crippen LogP contribution in [0.2, 0.25) is 0 Å². The second kappa shape index (κ2) is 6.04. The Kier molecular flexibility index (Phi) is 5.60. The Hall–Kier alpha value is -1.30. The molecule has 0 rings (SSSR count). The smallest absolute Gasteiger partial charge is 0.407 e. The van der Waals surface area contributed by atoms with Crippen molar-refractivity contribution in [1.82, 2.24) is 5.32 Å². The highest BCUT2D eigenvalue weighted by atomic mass is 16.6. The molecule has 0 saturated heterocycles. The Morgan fingerprint density at radius 2 is 1.50 bits per heavy atom. The maximum absolute atomic E-state index is 11.5. The third-order valence-electron chi connectivity index (χ3n) is 1.57. The fourth-order valence-corrected chi connectivity index (χ4v) is 0.968. The number of nitrogens with two attached hydrogens (primary N) is 1. The second-order valence-electron chi connectivity index (χ2n) is 6.02. The van der Waals surface area contributed by atoms with Crippen molar-refractivity contribution in [1.29, 1.82) is 0 Å². The number of carbonyl (C=O) groups excluding carboxylic acids is 2. The molecular weight excluding hydrogens is 236 g/mol. The van der Waals surface area contributed by atoms with Gasteiger partial charge < -0.3 is 20.5 Å². The molecule has 0 aliphatic heterocycles. The Morgan fingerprint density at radius 1 is 1.06 bits per heavy atom. The van der Waals surface area contributed by atoms with Crippen molar-refractivity contribution in [2.24, 2.45) is 5.73 Å². The zero-order valence-corrected chi connectivity index (χ0v) is 12.0. The van der Waals surface area contributed by atoms with Crippen LogP contribution in [0.15, 0.2) is 0 Å². The van der Waals surface area contributed by atoms with Crippen molar-refractivity contribution in [2.75, 3.05) is 6.54 Å². The van der Waals surface area contributed by atoms with Gasteiger partial charge in [0.1, 0.15) is 17.2 Å². The van der Waals surface area contributed by atoms with Crippen molar-refractivity contribution < 1.29 is 19.1 Å². The van der Waals surface area contributed by atoms with Crippen LogP contribution in [0.1, 0.15) is 41.5 Å². The van der Waals surface area contributed by atoms with Crippen LogP contribution in [-0.4, -0.2) is 35.9 Å². The molecular formula is C12H24N2O4. The van der Waals surface area contributed by atoms with Gasteiger partial charge in [0.25, 0.3) is 0 Å². The van der Waals surface area contributed by atoms with Crippen LogP contribution >= 0.6 is 0 Å². The number of hydrogen-bond donors (Lipinski definition) is 2. The molecule has 0 aliphatic carbocycles. The summed E-state index contributed by atoms with van der Waals surface area (Å²) in [6.07, 6.45) is -0.610. The van der Waals surface area contributed by atoms with Gasteiger partial charge in [0.2, 0.25) is 0 Å². The molecule has 0 saturated carbocycles. The zero-order chi connectivity index (χ0) is 14.6. The lowest BCUT2D eigenvalue weighted by atomic mass is 10.2. The summed E-state index contributed by atoms with van der Waals surface area (Å²) in [5.41, 5.74) is 4.41. The molecule has 0 aliphatic rings. The van der Waals surface area contributed by atoms with Gasteiger partial charge >= 0.3 is 12.1 Å². The van der Waals surface area contributed by atoms with E-state index in [1.54, 1.807) is 41.5 Å². The number of amides is 1. The molecule has 6 heteroatoms. The van der Waals surface area contributed by atoms with Gasteiger partial charge in [-0.1, -0.05) is 0 Å². The molecule has 0 bridgehead atoms. The monoisotopic (exact) mass is 260 g/mol. The minimum Gasteiger partial charge on any atom is -0.459 e. The SMILES string of the molecule is CC(C)(C)OC(=O)NCC(N)C(=O)OC(C)(C)C. The summed E-state index contributed by atoms with van der Waals surface area (Å²) in [5.74, 6) is -0.557. The predicted molar refractivity (Wildman–Crippen MR) is 68.1 cm³/mol. The number of rotatable bonds is 3. The second-order valence-corrected chi connectivity index (χ2v) is 6.02. The van der Waals surface area contributed by atoms with Gasteiger partial charge in [0.15, 0.2) is 0 Å². The lowest BCUT2D eigenvalue weighted by Gasteiger charge is -2.23. The zero-order valence-electron chi connectivity index (χ0n) is 12.0. The highest BCUT2D eigenvalue weighted by molar-refractivity contribution is 5.77. The quantitative estimate of drug-likeness (QED) is 0.744. The standard InChI is InChI=1S/C12H24N2O4/c1-11(2,3)17-9(15)8(13)7-14-10(16)18-12(4,5)6/h8H,7,13H2,1-6H3,(H,14,16). The first-order chi connectivity index (χ1) is 7.91. The number of ether oxygens (including phenoxy) is 2. The molecule has 0 fully saturated rings. The van der Waals surface area contributed by atoms with Crippen LogP contribution in [-0.2, 0) is 14.3 Å². The first-order valence-electron chi connectivity index (χ1n) is 5.86. The molecule has 6 nitrogen and oxygen atoms in total. The van der Waals surface area contributed by atoms with E-state index in [-0.39, 0.29) is 6.54 Å². The predicted octanol–water partition coefficient (Wildman–Crippen LogP) is 1.18. The van der Waals surface area contributed by atoms with E-state index in [1.165, 1.54) is 0 Å². The normalized spacial score (nSPS) is 13.7. The third-order valence-corrected chi connectivity index (χ3v) is 1.57. The third kappa shape index (κ3) is 8.81. The van der Waals surface area contributed by atoms with E-state index in [1.807, 2.05) is 0 Å². The van der Waals surface area contributed by atoms with Crippen molar-refractivity contribution in [3.8, 4) is 0 Å². The summed E-state index contributed by atoms with van der Waals surface area (Å²) >= 11 is 0. The van der Waals surface area contributed by atoms with Gasteiger partial charge in [-0.25, -0.2) is 4.79 Å². The van der Waals surface area contributed by atoms with Crippen LogP contribution < -0.4 is 11.1 Å². The van der Waals surface area contributed by atoms with E-state index in [9.17, 15) is 9.59 Å². The fraction of sp³-hybridized carbons (Fsp3) is 0.833. The van der Waals surface area contributed by atoms with Gasteiger partial charge in [-0.15, -0.1) is 0 Å². The van der Waals surface area contributed by atoms with E-state index in [2.05, 4.69) is 5.32 Å². The molecule has 106 valence electrons. The first kappa shape index (κ1) is 16.7. The van der Waals surface area contributed by atoms with Gasteiger partial charge in [0.05, 0.1) is 0 Å². The number of esters is 1. The number of alkyl carbamates (subject to hydrolysis) is 1. The number of hydrogen-bond acceptors (Lipinski definition) is 5. The number of nitrogens with one attached hydrogen (secondary N) is 1. The highest BCUT2D eigenvalue weighted by Gasteiger charge is 2.23. The molecule has 1 unspecified atom stereocenters. The summed E-state index contributed by atoms with van der Waals surface area (Å²) < 4.78 is 10.1. The van der Waals surface area contributed by atoms with Crippen LogP contribution in [0.5, 0.6) is 0 Å². The molecule has 3 N–H and O–H groups in total. The molecule has 1 amide bonds. The van der Waals surface area contributed by atoms with Crippen molar-refractivity contribution in [3.63, 3.8) is 0 Å². The van der Waals surface area contributed by atoms with E-state index in [0.29, 0.717) is 0 Å². The van der Waals surface area contributed by atoms with Gasteiger partial charge in [-0.2, -0.15) is 0 Å². The largest absolute Gasteiger partial charge is 0.459 e. The van der Waals surface area contributed by atoms with Gasteiger partial charge in [0, 0.05) is 6.54 Å². The van der Waals surface area contributed by atoms with E-state index >= 15 is 0 Å². The highest BCUT2D eigenvalue weighted by Crippen LogP contribution is 2.08. The molecule has 0 spiro atoms. The lowest BCUT2D eigenvalue weighted by Crippen LogP contribution is -2.46. The topological polar surface area (TPSA) is 90.6 Å². The first-order valence-corrected chi connectivity index (χ1v) is 5.86. The Balaban J connectivity index is 4.07. The minimum absolute atomic E-state index is 0.0240. The van der Waals surface area contributed by atoms with Crippen molar-refractivity contribution in [3.05, 3.63) is 0 Å². The van der Waals surface area contributed by atoms with Crippen LogP contribution in [0.4, 0.5) is 4.79 Å². The van der Waals surface area contributed by atoms with Crippen molar-refractivity contribution >= 4 is 12.1 Å². The van der Waals surface area contributed by atoms with E-state index < -0.39 is 29.3 Å². The molecule has 0 aromatic rings. The number of carbonyl (C=O) groups is 2. The maximum atomic E-state index is 11.5. The van der Waals surface area contributed by atoms with E-state index in [0.717, 1.165) is 0 Å². The summed E-state index contributed by atoms with van der Waals surface area (Å²) in [6, 6.07) is -0.906.